The lowest BCUT2D eigenvalue weighted by atomic mass is 10.2. The minimum atomic E-state index is -0.647. The molecule has 0 saturated carbocycles. The number of carbonyl (C=O) groups is 1. The molecule has 0 bridgehead atoms. The Bertz CT molecular complexity index is 283. The summed E-state index contributed by atoms with van der Waals surface area (Å²) in [6.45, 7) is 10.2. The first-order valence-corrected chi connectivity index (χ1v) is 5.82. The molecule has 17 heavy (non-hydrogen) atoms. The van der Waals surface area contributed by atoms with Crippen LogP contribution in [0, 0.1) is 0 Å². The van der Waals surface area contributed by atoms with Crippen LogP contribution in [0.1, 0.15) is 34.6 Å². The monoisotopic (exact) mass is 245 g/mol. The lowest BCUT2D eigenvalue weighted by Crippen LogP contribution is -2.51. The van der Waals surface area contributed by atoms with Gasteiger partial charge in [0.1, 0.15) is 11.3 Å². The van der Waals surface area contributed by atoms with Crippen molar-refractivity contribution < 1.29 is 19.0 Å². The summed E-state index contributed by atoms with van der Waals surface area (Å²) in [6, 6.07) is -0.0927. The highest BCUT2D eigenvalue weighted by atomic mass is 16.6. The van der Waals surface area contributed by atoms with Crippen molar-refractivity contribution in [3.63, 3.8) is 0 Å². The summed E-state index contributed by atoms with van der Waals surface area (Å²) in [7, 11) is 1.61. The molecule has 100 valence electrons. The van der Waals surface area contributed by atoms with Gasteiger partial charge in [0.2, 0.25) is 0 Å². The predicted octanol–water partition coefficient (Wildman–Crippen LogP) is 2.00. The molecule has 1 amide bonds. The zero-order valence-corrected chi connectivity index (χ0v) is 11.6. The summed E-state index contributed by atoms with van der Waals surface area (Å²) in [5.41, 5.74) is -1.15. The number of nitrogens with zero attached hydrogens (tertiary/aromatic N) is 1. The molecule has 1 heterocycles. The molecule has 0 aromatic carbocycles. The van der Waals surface area contributed by atoms with Gasteiger partial charge in [0.05, 0.1) is 19.3 Å². The first-order chi connectivity index (χ1) is 7.67. The Balaban J connectivity index is 2.79. The topological polar surface area (TPSA) is 48.0 Å². The van der Waals surface area contributed by atoms with E-state index in [1.54, 1.807) is 12.0 Å². The minimum Gasteiger partial charge on any atom is -0.444 e. The van der Waals surface area contributed by atoms with Crippen LogP contribution in [-0.4, -0.2) is 48.7 Å². The van der Waals surface area contributed by atoms with E-state index in [0.29, 0.717) is 13.2 Å². The Labute approximate surface area is 103 Å². The van der Waals surface area contributed by atoms with Crippen LogP contribution >= 0.6 is 0 Å². The Hall–Kier alpha value is -0.810. The van der Waals surface area contributed by atoms with Crippen LogP contribution in [0.4, 0.5) is 4.79 Å². The summed E-state index contributed by atoms with van der Waals surface area (Å²) in [5.74, 6) is 0. The quantitative estimate of drug-likeness (QED) is 0.746. The molecule has 5 heteroatoms. The van der Waals surface area contributed by atoms with Crippen LogP contribution < -0.4 is 0 Å². The molecule has 1 atom stereocenters. The van der Waals surface area contributed by atoms with E-state index in [1.807, 2.05) is 34.6 Å². The third-order valence-corrected chi connectivity index (χ3v) is 2.52. The maximum absolute atomic E-state index is 12.1. The first-order valence-electron chi connectivity index (χ1n) is 5.82. The third kappa shape index (κ3) is 3.57. The van der Waals surface area contributed by atoms with Gasteiger partial charge in [-0.25, -0.2) is 4.79 Å². The van der Waals surface area contributed by atoms with Crippen molar-refractivity contribution in [1.82, 2.24) is 4.90 Å². The summed E-state index contributed by atoms with van der Waals surface area (Å²) >= 11 is 0. The average molecular weight is 245 g/mol. The molecule has 0 N–H and O–H groups in total. The average Bonchev–Trinajstić information content (AvgIpc) is 2.39. The zero-order valence-electron chi connectivity index (χ0n) is 11.6. The first kappa shape index (κ1) is 14.3. The van der Waals surface area contributed by atoms with Gasteiger partial charge in [-0.2, -0.15) is 0 Å². The van der Waals surface area contributed by atoms with Gasteiger partial charge in [-0.05, 0) is 34.6 Å². The predicted molar refractivity (Wildman–Crippen MR) is 63.8 cm³/mol. The summed E-state index contributed by atoms with van der Waals surface area (Å²) in [4.78, 5) is 13.7. The molecule has 1 fully saturated rings. The van der Waals surface area contributed by atoms with E-state index < -0.39 is 11.3 Å². The smallest absolute Gasteiger partial charge is 0.412 e. The standard InChI is InChI=1S/C12H23NO4/c1-11(2,3)17-10(14)13-9(7-15-6)8-16-12(13,4)5/h9H,7-8H2,1-6H3/t9-/m1/s1. The highest BCUT2D eigenvalue weighted by Gasteiger charge is 2.45. The molecular weight excluding hydrogens is 222 g/mol. The fourth-order valence-electron chi connectivity index (χ4n) is 1.88. The molecule has 0 aliphatic carbocycles. The second-order valence-corrected chi connectivity index (χ2v) is 5.72. The molecular formula is C12H23NO4. The zero-order chi connectivity index (χ0) is 13.3. The number of amides is 1. The van der Waals surface area contributed by atoms with E-state index in [1.165, 1.54) is 0 Å². The van der Waals surface area contributed by atoms with E-state index in [0.717, 1.165) is 0 Å². The Morgan fingerprint density at radius 2 is 2.06 bits per heavy atom. The highest BCUT2D eigenvalue weighted by Crippen LogP contribution is 2.29. The van der Waals surface area contributed by atoms with Gasteiger partial charge in [-0.1, -0.05) is 0 Å². The minimum absolute atomic E-state index is 0.0927. The number of carbonyl (C=O) groups excluding carboxylic acids is 1. The molecule has 0 unspecified atom stereocenters. The molecule has 1 aliphatic rings. The highest BCUT2D eigenvalue weighted by molar-refractivity contribution is 5.69. The largest absolute Gasteiger partial charge is 0.444 e. The van der Waals surface area contributed by atoms with Crippen LogP contribution in [0.5, 0.6) is 0 Å². The van der Waals surface area contributed by atoms with Crippen LogP contribution in [0.15, 0.2) is 0 Å². The van der Waals surface area contributed by atoms with Crippen molar-refractivity contribution in [2.45, 2.75) is 52.0 Å². The van der Waals surface area contributed by atoms with Gasteiger partial charge in [0, 0.05) is 7.11 Å². The molecule has 0 spiro atoms. The van der Waals surface area contributed by atoms with Gasteiger partial charge in [-0.3, -0.25) is 4.90 Å². The van der Waals surface area contributed by atoms with Crippen LogP contribution in [-0.2, 0) is 14.2 Å². The number of ether oxygens (including phenoxy) is 3. The van der Waals surface area contributed by atoms with Crippen molar-refractivity contribution in [1.29, 1.82) is 0 Å². The normalized spacial score (nSPS) is 23.9. The van der Waals surface area contributed by atoms with Crippen molar-refractivity contribution >= 4 is 6.09 Å². The van der Waals surface area contributed by atoms with E-state index in [-0.39, 0.29) is 12.1 Å². The van der Waals surface area contributed by atoms with Crippen molar-refractivity contribution in [2.24, 2.45) is 0 Å². The lowest BCUT2D eigenvalue weighted by Gasteiger charge is -2.34. The Morgan fingerprint density at radius 3 is 2.53 bits per heavy atom. The fraction of sp³-hybridized carbons (Fsp3) is 0.917. The third-order valence-electron chi connectivity index (χ3n) is 2.52. The molecule has 1 aliphatic heterocycles. The SMILES string of the molecule is COC[C@@H]1COC(C)(C)N1C(=O)OC(C)(C)C. The van der Waals surface area contributed by atoms with Crippen LogP contribution in [0.2, 0.25) is 0 Å². The van der Waals surface area contributed by atoms with Gasteiger partial charge in [0.15, 0.2) is 0 Å². The Kier molecular flexibility index (Phi) is 4.04. The van der Waals surface area contributed by atoms with Crippen LogP contribution in [0.3, 0.4) is 0 Å². The molecule has 0 radical (unpaired) electrons. The van der Waals surface area contributed by atoms with Crippen LogP contribution in [0.25, 0.3) is 0 Å². The number of hydrogen-bond acceptors (Lipinski definition) is 4. The number of rotatable bonds is 2. The number of hydrogen-bond donors (Lipinski definition) is 0. The van der Waals surface area contributed by atoms with Gasteiger partial charge in [-0.15, -0.1) is 0 Å². The van der Waals surface area contributed by atoms with E-state index in [2.05, 4.69) is 0 Å². The molecule has 5 nitrogen and oxygen atoms in total. The van der Waals surface area contributed by atoms with Gasteiger partial charge < -0.3 is 14.2 Å². The maximum atomic E-state index is 12.1. The fourth-order valence-corrected chi connectivity index (χ4v) is 1.88. The molecule has 0 aromatic rings. The van der Waals surface area contributed by atoms with E-state index in [4.69, 9.17) is 14.2 Å². The van der Waals surface area contributed by atoms with E-state index in [9.17, 15) is 4.79 Å². The van der Waals surface area contributed by atoms with Gasteiger partial charge in [0.25, 0.3) is 0 Å². The second-order valence-electron chi connectivity index (χ2n) is 5.72. The van der Waals surface area contributed by atoms with Crippen molar-refractivity contribution in [3.8, 4) is 0 Å². The lowest BCUT2D eigenvalue weighted by molar-refractivity contribution is -0.0647. The summed E-state index contributed by atoms with van der Waals surface area (Å²) in [5, 5.41) is 0. The van der Waals surface area contributed by atoms with Crippen molar-refractivity contribution in [3.05, 3.63) is 0 Å². The second kappa shape index (κ2) is 4.82. The van der Waals surface area contributed by atoms with Crippen molar-refractivity contribution in [2.75, 3.05) is 20.3 Å². The molecule has 1 rings (SSSR count). The Morgan fingerprint density at radius 1 is 1.47 bits per heavy atom. The molecule has 1 saturated heterocycles. The summed E-state index contributed by atoms with van der Waals surface area (Å²) in [6.07, 6.45) is -0.359. The molecule has 0 aromatic heterocycles. The number of methoxy groups -OCH3 is 1. The van der Waals surface area contributed by atoms with E-state index >= 15 is 0 Å². The maximum Gasteiger partial charge on any atom is 0.412 e. The van der Waals surface area contributed by atoms with Gasteiger partial charge >= 0.3 is 6.09 Å². The summed E-state index contributed by atoms with van der Waals surface area (Å²) < 4.78 is 16.1.